The predicted molar refractivity (Wildman–Crippen MR) is 104 cm³/mol. The van der Waals surface area contributed by atoms with E-state index in [4.69, 9.17) is 4.74 Å². The van der Waals surface area contributed by atoms with E-state index in [9.17, 15) is 18.3 Å². The number of alkyl halides is 3. The fourth-order valence-corrected chi connectivity index (χ4v) is 3.66. The molecule has 0 bridgehead atoms. The molecule has 2 heterocycles. The van der Waals surface area contributed by atoms with E-state index in [1.807, 2.05) is 19.1 Å². The lowest BCUT2D eigenvalue weighted by molar-refractivity contribution is -0.232. The molecule has 8 heteroatoms. The summed E-state index contributed by atoms with van der Waals surface area (Å²) in [6, 6.07) is 10.4. The van der Waals surface area contributed by atoms with Crippen LogP contribution in [0.2, 0.25) is 0 Å². The van der Waals surface area contributed by atoms with Gasteiger partial charge in [0, 0.05) is 11.6 Å². The van der Waals surface area contributed by atoms with Crippen LogP contribution in [0.25, 0.3) is 10.9 Å². The first-order chi connectivity index (χ1) is 13.8. The van der Waals surface area contributed by atoms with E-state index in [0.29, 0.717) is 47.1 Å². The molecule has 0 spiro atoms. The number of aromatic amines is 1. The maximum atomic E-state index is 13.9. The molecule has 2 aromatic carbocycles. The number of ether oxygens (including phenoxy) is 1. The largest absolute Gasteiger partial charge is 0.493 e. The van der Waals surface area contributed by atoms with Crippen molar-refractivity contribution in [3.63, 3.8) is 0 Å². The van der Waals surface area contributed by atoms with Gasteiger partial charge >= 0.3 is 6.18 Å². The Labute approximate surface area is 165 Å². The zero-order valence-corrected chi connectivity index (χ0v) is 15.7. The summed E-state index contributed by atoms with van der Waals surface area (Å²) in [5.41, 5.74) is -0.493. The second kappa shape index (κ2) is 7.18. The molecule has 2 N–H and O–H groups in total. The first-order valence-electron chi connectivity index (χ1n) is 9.27. The maximum absolute atomic E-state index is 13.9. The minimum absolute atomic E-state index is 0.306. The van der Waals surface area contributed by atoms with Gasteiger partial charge in [0.2, 0.25) is 0 Å². The molecule has 0 radical (unpaired) electrons. The number of benzene rings is 2. The Balaban J connectivity index is 1.68. The molecule has 4 rings (SSSR count). The van der Waals surface area contributed by atoms with Crippen LogP contribution in [0.15, 0.2) is 47.6 Å². The van der Waals surface area contributed by atoms with E-state index in [-0.39, 0.29) is 0 Å². The zero-order valence-electron chi connectivity index (χ0n) is 15.7. The first-order valence-corrected chi connectivity index (χ1v) is 9.27. The minimum atomic E-state index is -4.87. The Morgan fingerprint density at radius 1 is 1.31 bits per heavy atom. The van der Waals surface area contributed by atoms with Gasteiger partial charge in [-0.05, 0) is 49.4 Å². The maximum Gasteiger partial charge on any atom is 0.422 e. The van der Waals surface area contributed by atoms with Crippen LogP contribution in [0.3, 0.4) is 0 Å². The Morgan fingerprint density at radius 3 is 2.93 bits per heavy atom. The van der Waals surface area contributed by atoms with Crippen LogP contribution in [0.5, 0.6) is 5.75 Å². The molecule has 29 heavy (non-hydrogen) atoms. The van der Waals surface area contributed by atoms with Gasteiger partial charge in [-0.2, -0.15) is 18.3 Å². The van der Waals surface area contributed by atoms with Gasteiger partial charge in [0.05, 0.1) is 24.0 Å². The monoisotopic (exact) mass is 403 g/mol. The lowest BCUT2D eigenvalue weighted by atomic mass is 9.82. The molecule has 2 atom stereocenters. The van der Waals surface area contributed by atoms with Crippen molar-refractivity contribution in [2.75, 3.05) is 6.61 Å². The van der Waals surface area contributed by atoms with Crippen LogP contribution in [-0.4, -0.2) is 39.9 Å². The number of H-pyrrole nitrogens is 1. The molecule has 1 aliphatic heterocycles. The smallest absolute Gasteiger partial charge is 0.422 e. The highest BCUT2D eigenvalue weighted by Gasteiger charge is 2.54. The molecular weight excluding hydrogens is 383 g/mol. The third-order valence-electron chi connectivity index (χ3n) is 5.26. The molecule has 0 saturated heterocycles. The van der Waals surface area contributed by atoms with E-state index >= 15 is 0 Å². The van der Waals surface area contributed by atoms with E-state index in [2.05, 4.69) is 15.2 Å². The summed E-state index contributed by atoms with van der Waals surface area (Å²) in [5.74, 6) is 0.0675. The first kappa shape index (κ1) is 19.4. The third-order valence-corrected chi connectivity index (χ3v) is 5.26. The van der Waals surface area contributed by atoms with Gasteiger partial charge in [-0.3, -0.25) is 10.1 Å². The molecular formula is C21H20F3N3O2. The van der Waals surface area contributed by atoms with Crippen molar-refractivity contribution in [2.45, 2.75) is 37.5 Å². The van der Waals surface area contributed by atoms with Gasteiger partial charge in [-0.25, -0.2) is 0 Å². The van der Waals surface area contributed by atoms with E-state index in [1.54, 1.807) is 24.3 Å². The molecule has 3 aromatic rings. The lowest BCUT2D eigenvalue weighted by Gasteiger charge is -2.33. The van der Waals surface area contributed by atoms with Gasteiger partial charge in [0.25, 0.3) is 0 Å². The molecule has 0 amide bonds. The van der Waals surface area contributed by atoms with Crippen molar-refractivity contribution in [1.29, 1.82) is 0 Å². The Morgan fingerprint density at radius 2 is 2.14 bits per heavy atom. The van der Waals surface area contributed by atoms with Gasteiger partial charge in [0.1, 0.15) is 5.75 Å². The van der Waals surface area contributed by atoms with Crippen molar-refractivity contribution in [2.24, 2.45) is 4.99 Å². The zero-order chi connectivity index (χ0) is 20.6. The number of rotatable bonds is 4. The number of aryl methyl sites for hydroxylation is 1. The number of aliphatic imine (C=N–C) groups is 1. The number of nitrogens with zero attached hydrogens (tertiary/aromatic N) is 2. The number of nitrogens with one attached hydrogen (secondary N) is 1. The van der Waals surface area contributed by atoms with E-state index in [1.165, 1.54) is 6.20 Å². The van der Waals surface area contributed by atoms with Crippen LogP contribution in [-0.2, 0) is 0 Å². The lowest BCUT2D eigenvalue weighted by Crippen LogP contribution is -2.48. The van der Waals surface area contributed by atoms with Crippen LogP contribution in [0.4, 0.5) is 18.9 Å². The summed E-state index contributed by atoms with van der Waals surface area (Å²) in [6.07, 6.45) is -2.91. The summed E-state index contributed by atoms with van der Waals surface area (Å²) < 4.78 is 47.2. The second-order valence-corrected chi connectivity index (χ2v) is 7.37. The SMILES string of the molecule is Cc1ccc2c(c1)C(CC(O)(/C=N/c1cccc3[nH]ncc13)C(F)(F)F)CCO2. The Hall–Kier alpha value is -2.87. The van der Waals surface area contributed by atoms with Crippen LogP contribution < -0.4 is 4.74 Å². The predicted octanol–water partition coefficient (Wildman–Crippen LogP) is 4.82. The molecule has 1 aliphatic rings. The number of fused-ring (bicyclic) bond motifs is 2. The van der Waals surface area contributed by atoms with Gasteiger partial charge < -0.3 is 9.84 Å². The van der Waals surface area contributed by atoms with E-state index < -0.39 is 24.1 Å². The summed E-state index contributed by atoms with van der Waals surface area (Å²) in [7, 11) is 0. The minimum Gasteiger partial charge on any atom is -0.493 e. The van der Waals surface area contributed by atoms with Gasteiger partial charge in [-0.1, -0.05) is 23.8 Å². The Kier molecular flexibility index (Phi) is 4.82. The molecule has 0 fully saturated rings. The second-order valence-electron chi connectivity index (χ2n) is 7.37. The van der Waals surface area contributed by atoms with Crippen molar-refractivity contribution in [3.8, 4) is 5.75 Å². The summed E-state index contributed by atoms with van der Waals surface area (Å²) in [5, 5.41) is 17.9. The van der Waals surface area contributed by atoms with Crippen molar-refractivity contribution in [1.82, 2.24) is 10.2 Å². The number of hydrogen-bond acceptors (Lipinski definition) is 4. The fraction of sp³-hybridized carbons (Fsp3) is 0.333. The average molecular weight is 403 g/mol. The molecule has 0 saturated carbocycles. The van der Waals surface area contributed by atoms with E-state index in [0.717, 1.165) is 5.56 Å². The molecule has 1 aromatic heterocycles. The normalized spacial score (nSPS) is 19.1. The highest BCUT2D eigenvalue weighted by Crippen LogP contribution is 2.43. The molecule has 0 aliphatic carbocycles. The number of hydrogen-bond donors (Lipinski definition) is 2. The summed E-state index contributed by atoms with van der Waals surface area (Å²) >= 11 is 0. The quantitative estimate of drug-likeness (QED) is 0.614. The van der Waals surface area contributed by atoms with Gasteiger partial charge in [0.15, 0.2) is 5.60 Å². The third kappa shape index (κ3) is 3.72. The van der Waals surface area contributed by atoms with Crippen molar-refractivity contribution < 1.29 is 23.0 Å². The van der Waals surface area contributed by atoms with Crippen LogP contribution in [0, 0.1) is 6.92 Å². The summed E-state index contributed by atoms with van der Waals surface area (Å²) in [4.78, 5) is 4.00. The fourth-order valence-electron chi connectivity index (χ4n) is 3.66. The van der Waals surface area contributed by atoms with Crippen molar-refractivity contribution in [3.05, 3.63) is 53.7 Å². The number of aliphatic hydroxyl groups is 1. The highest BCUT2D eigenvalue weighted by molar-refractivity contribution is 5.91. The topological polar surface area (TPSA) is 70.5 Å². The standard InChI is InChI=1S/C21H20F3N3O2/c1-13-5-6-19-15(9-13)14(7-8-29-19)10-20(28,21(22,23)24)12-25-17-3-2-4-18-16(17)11-26-27-18/h2-6,9,11-12,14,28H,7-8,10H2,1H3,(H,26,27)/b25-12+. The number of aromatic nitrogens is 2. The average Bonchev–Trinajstić information content (AvgIpc) is 3.15. The number of halogens is 3. The van der Waals surface area contributed by atoms with Gasteiger partial charge in [-0.15, -0.1) is 0 Å². The molecule has 152 valence electrons. The van der Waals surface area contributed by atoms with Crippen LogP contribution in [0.1, 0.15) is 29.9 Å². The highest BCUT2D eigenvalue weighted by atomic mass is 19.4. The Bertz CT molecular complexity index is 1060. The van der Waals surface area contributed by atoms with Crippen molar-refractivity contribution >= 4 is 22.8 Å². The summed E-state index contributed by atoms with van der Waals surface area (Å²) in [6.45, 7) is 2.18. The van der Waals surface area contributed by atoms with Crippen LogP contribution >= 0.6 is 0 Å². The molecule has 2 unspecified atom stereocenters. The molecule has 5 nitrogen and oxygen atoms in total.